The highest BCUT2D eigenvalue weighted by Crippen LogP contribution is 2.39. The normalized spacial score (nSPS) is 22.6. The zero-order valence-corrected chi connectivity index (χ0v) is 22.0. The summed E-state index contributed by atoms with van der Waals surface area (Å²) in [5.74, 6) is -2.78. The fraction of sp³-hybridized carbons (Fsp3) is 0.333. The smallest absolute Gasteiger partial charge is 0.394 e. The number of aliphatic imine (C=N–C) groups is 2. The van der Waals surface area contributed by atoms with Crippen LogP contribution in [-0.4, -0.2) is 61.8 Å². The molecule has 0 radical (unpaired) electrons. The van der Waals surface area contributed by atoms with Gasteiger partial charge in [0.15, 0.2) is 17.5 Å². The lowest BCUT2D eigenvalue weighted by molar-refractivity contribution is -0.137. The molecule has 4 N–H and O–H groups in total. The number of aliphatic hydroxyl groups excluding tert-OH is 2. The van der Waals surface area contributed by atoms with Crippen molar-refractivity contribution in [3.05, 3.63) is 63.8 Å². The standard InChI is InChI=1S/C24H21Cl2F5N6O3/c1-10(32)33-23(34-16-6-12(25)2-3-13(16)24(29,30)31)19-7-18(22(39)20(9-38)40-19)37-8-17(35-36-37)11-4-14(26)21(28)15(27)5-11/h2-6,8,18-20,22,38-39H,7,9H2,1H3,(H2,32,33,34). The van der Waals surface area contributed by atoms with Crippen LogP contribution in [0.25, 0.3) is 11.3 Å². The summed E-state index contributed by atoms with van der Waals surface area (Å²) >= 11 is 11.7. The molecule has 1 aliphatic heterocycles. The second kappa shape index (κ2) is 11.7. The number of hydrogen-bond donors (Lipinski definition) is 3. The third-order valence-electron chi connectivity index (χ3n) is 5.96. The highest BCUT2D eigenvalue weighted by molar-refractivity contribution is 6.31. The number of nitrogens with zero attached hydrogens (tertiary/aromatic N) is 5. The van der Waals surface area contributed by atoms with E-state index in [0.717, 1.165) is 30.3 Å². The van der Waals surface area contributed by atoms with E-state index in [9.17, 15) is 32.2 Å². The predicted octanol–water partition coefficient (Wildman–Crippen LogP) is 4.71. The Morgan fingerprint density at radius 1 is 1.23 bits per heavy atom. The maximum Gasteiger partial charge on any atom is 0.418 e. The zero-order chi connectivity index (χ0) is 29.4. The maximum absolute atomic E-state index is 13.9. The van der Waals surface area contributed by atoms with Crippen molar-refractivity contribution in [1.82, 2.24) is 15.0 Å². The minimum absolute atomic E-state index is 0.0156. The summed E-state index contributed by atoms with van der Waals surface area (Å²) in [6.45, 7) is 0.700. The summed E-state index contributed by atoms with van der Waals surface area (Å²) < 4.78 is 75.4. The molecule has 1 fully saturated rings. The number of aromatic nitrogens is 3. The van der Waals surface area contributed by atoms with Crippen LogP contribution in [0.3, 0.4) is 0 Å². The van der Waals surface area contributed by atoms with E-state index in [4.69, 9.17) is 33.7 Å². The number of halogens is 7. The highest BCUT2D eigenvalue weighted by atomic mass is 35.5. The van der Waals surface area contributed by atoms with Crippen LogP contribution in [0.4, 0.5) is 27.6 Å². The lowest BCUT2D eigenvalue weighted by Gasteiger charge is -2.38. The van der Waals surface area contributed by atoms with Crippen molar-refractivity contribution in [2.75, 3.05) is 6.61 Å². The molecule has 0 saturated carbocycles. The molecule has 2 aromatic carbocycles. The molecule has 9 nitrogen and oxygen atoms in total. The Bertz CT molecular complexity index is 1440. The monoisotopic (exact) mass is 606 g/mol. The van der Waals surface area contributed by atoms with Gasteiger partial charge in [0.05, 0.1) is 41.0 Å². The molecule has 40 heavy (non-hydrogen) atoms. The summed E-state index contributed by atoms with van der Waals surface area (Å²) in [7, 11) is 0. The average Bonchev–Trinajstić information content (AvgIpc) is 3.36. The Hall–Kier alpha value is -3.17. The summed E-state index contributed by atoms with van der Waals surface area (Å²) in [6, 6.07) is 3.86. The summed E-state index contributed by atoms with van der Waals surface area (Å²) in [5.41, 5.74) is 4.26. The van der Waals surface area contributed by atoms with E-state index >= 15 is 0 Å². The maximum atomic E-state index is 13.9. The largest absolute Gasteiger partial charge is 0.418 e. The number of ether oxygens (including phenoxy) is 1. The van der Waals surface area contributed by atoms with Crippen molar-refractivity contribution >= 4 is 40.6 Å². The number of hydrogen-bond acceptors (Lipinski definition) is 6. The van der Waals surface area contributed by atoms with Gasteiger partial charge >= 0.3 is 6.18 Å². The second-order valence-corrected chi connectivity index (χ2v) is 9.70. The topological polar surface area (TPSA) is 131 Å². The predicted molar refractivity (Wildman–Crippen MR) is 137 cm³/mol. The van der Waals surface area contributed by atoms with Crippen molar-refractivity contribution in [2.45, 2.75) is 43.9 Å². The van der Waals surface area contributed by atoms with Crippen LogP contribution >= 0.6 is 23.2 Å². The Kier molecular flexibility index (Phi) is 8.75. The SMILES string of the molecule is CC(N)=NC(=Nc1cc(Cl)ccc1C(F)(F)F)C1CC(n2cc(-c3cc(F)c(F)c(Cl)c3)nn2)C(O)C(CO)O1. The first-order chi connectivity index (χ1) is 18.8. The van der Waals surface area contributed by atoms with Crippen molar-refractivity contribution in [2.24, 2.45) is 15.7 Å². The Labute approximate surface area is 233 Å². The van der Waals surface area contributed by atoms with Crippen LogP contribution in [-0.2, 0) is 10.9 Å². The van der Waals surface area contributed by atoms with E-state index in [2.05, 4.69) is 20.3 Å². The van der Waals surface area contributed by atoms with E-state index < -0.39 is 65.0 Å². The molecular formula is C24H21Cl2F5N6O3. The number of amidine groups is 2. The lowest BCUT2D eigenvalue weighted by atomic mass is 9.95. The van der Waals surface area contributed by atoms with Gasteiger partial charge in [-0.2, -0.15) is 13.2 Å². The molecule has 0 amide bonds. The minimum Gasteiger partial charge on any atom is -0.394 e. The molecule has 4 atom stereocenters. The molecule has 2 heterocycles. The van der Waals surface area contributed by atoms with E-state index in [-0.39, 0.29) is 34.4 Å². The molecule has 0 bridgehead atoms. The van der Waals surface area contributed by atoms with Crippen molar-refractivity contribution in [3.63, 3.8) is 0 Å². The van der Waals surface area contributed by atoms with Gasteiger partial charge in [-0.05, 0) is 37.3 Å². The Morgan fingerprint density at radius 2 is 1.95 bits per heavy atom. The van der Waals surface area contributed by atoms with Gasteiger partial charge in [-0.15, -0.1) is 5.10 Å². The van der Waals surface area contributed by atoms with Gasteiger partial charge in [0, 0.05) is 17.0 Å². The van der Waals surface area contributed by atoms with Gasteiger partial charge in [-0.1, -0.05) is 28.4 Å². The van der Waals surface area contributed by atoms with Crippen LogP contribution in [0.1, 0.15) is 24.9 Å². The van der Waals surface area contributed by atoms with E-state index in [1.165, 1.54) is 17.8 Å². The average molecular weight is 607 g/mol. The zero-order valence-electron chi connectivity index (χ0n) is 20.4. The van der Waals surface area contributed by atoms with E-state index in [1.807, 2.05) is 0 Å². The number of nitrogens with two attached hydrogens (primary N) is 1. The number of alkyl halides is 3. The second-order valence-electron chi connectivity index (χ2n) is 8.86. The molecule has 1 saturated heterocycles. The molecule has 214 valence electrons. The van der Waals surface area contributed by atoms with Gasteiger partial charge in [0.1, 0.15) is 24.0 Å². The molecule has 4 rings (SSSR count). The Balaban J connectivity index is 1.74. The van der Waals surface area contributed by atoms with Crippen molar-refractivity contribution in [3.8, 4) is 11.3 Å². The fourth-order valence-electron chi connectivity index (χ4n) is 4.12. The van der Waals surface area contributed by atoms with Crippen molar-refractivity contribution in [1.29, 1.82) is 0 Å². The third kappa shape index (κ3) is 6.41. The quantitative estimate of drug-likeness (QED) is 0.167. The minimum atomic E-state index is -4.77. The first kappa shape index (κ1) is 29.8. The molecule has 4 unspecified atom stereocenters. The molecule has 1 aromatic heterocycles. The van der Waals surface area contributed by atoms with E-state index in [0.29, 0.717) is 0 Å². The van der Waals surface area contributed by atoms with Crippen LogP contribution in [0.5, 0.6) is 0 Å². The van der Waals surface area contributed by atoms with Crippen LogP contribution in [0.2, 0.25) is 10.0 Å². The summed E-state index contributed by atoms with van der Waals surface area (Å²) in [4.78, 5) is 8.13. The molecule has 0 spiro atoms. The molecule has 1 aliphatic rings. The molecule has 0 aliphatic carbocycles. The summed E-state index contributed by atoms with van der Waals surface area (Å²) in [6.07, 6.45) is -7.40. The molecule has 3 aromatic rings. The van der Waals surface area contributed by atoms with Crippen LogP contribution in [0, 0.1) is 11.6 Å². The van der Waals surface area contributed by atoms with Gasteiger partial charge in [0.2, 0.25) is 0 Å². The van der Waals surface area contributed by atoms with Gasteiger partial charge in [-0.3, -0.25) is 0 Å². The fourth-order valence-corrected chi connectivity index (χ4v) is 4.49. The third-order valence-corrected chi connectivity index (χ3v) is 6.47. The van der Waals surface area contributed by atoms with E-state index in [1.54, 1.807) is 0 Å². The number of rotatable bonds is 5. The van der Waals surface area contributed by atoms with Gasteiger partial charge < -0.3 is 20.7 Å². The molecular weight excluding hydrogens is 586 g/mol. The first-order valence-electron chi connectivity index (χ1n) is 11.6. The number of benzene rings is 2. The highest BCUT2D eigenvalue weighted by Gasteiger charge is 2.42. The lowest BCUT2D eigenvalue weighted by Crippen LogP contribution is -2.50. The Morgan fingerprint density at radius 3 is 2.58 bits per heavy atom. The molecule has 16 heteroatoms. The van der Waals surface area contributed by atoms with Crippen LogP contribution < -0.4 is 5.73 Å². The van der Waals surface area contributed by atoms with Gasteiger partial charge in [0.25, 0.3) is 0 Å². The van der Waals surface area contributed by atoms with Crippen LogP contribution in [0.15, 0.2) is 46.5 Å². The number of aliphatic hydroxyl groups is 2. The van der Waals surface area contributed by atoms with Crippen molar-refractivity contribution < 1.29 is 36.9 Å². The first-order valence-corrected chi connectivity index (χ1v) is 12.3. The van der Waals surface area contributed by atoms with Gasteiger partial charge in [-0.25, -0.2) is 23.4 Å². The summed E-state index contributed by atoms with van der Waals surface area (Å²) in [5, 5.41) is 28.1.